The Balaban J connectivity index is 2.97. The molecule has 1 rings (SSSR count). The van der Waals surface area contributed by atoms with Gasteiger partial charge >= 0.3 is 0 Å². The molecule has 14 heavy (non-hydrogen) atoms. The van der Waals surface area contributed by atoms with Gasteiger partial charge in [0.05, 0.1) is 6.04 Å². The van der Waals surface area contributed by atoms with Gasteiger partial charge in [-0.15, -0.1) is 0 Å². The molecule has 1 unspecified atom stereocenters. The Morgan fingerprint density at radius 3 is 2.64 bits per heavy atom. The molecule has 0 saturated heterocycles. The molecule has 1 N–H and O–H groups in total. The molecule has 0 fully saturated rings. The zero-order valence-electron chi connectivity index (χ0n) is 8.60. The first-order chi connectivity index (χ1) is 6.56. The number of carbonyl (C=O) groups is 1. The number of ketones is 1. The maximum absolute atomic E-state index is 11.7. The summed E-state index contributed by atoms with van der Waals surface area (Å²) in [6, 6.07) is 5.17. The van der Waals surface area contributed by atoms with Crippen LogP contribution in [0.3, 0.4) is 0 Å². The predicted octanol–water partition coefficient (Wildman–Crippen LogP) is 2.44. The number of rotatable bonds is 3. The molecule has 0 spiro atoms. The van der Waals surface area contributed by atoms with E-state index in [0.29, 0.717) is 10.6 Å². The second-order valence-corrected chi connectivity index (χ2v) is 3.75. The minimum Gasteiger partial charge on any atom is -0.310 e. The Morgan fingerprint density at radius 1 is 1.50 bits per heavy atom. The normalized spacial score (nSPS) is 12.6. The van der Waals surface area contributed by atoms with Crippen molar-refractivity contribution in [3.8, 4) is 0 Å². The summed E-state index contributed by atoms with van der Waals surface area (Å²) in [7, 11) is 1.77. The monoisotopic (exact) mass is 211 g/mol. The Hall–Kier alpha value is -0.860. The summed E-state index contributed by atoms with van der Waals surface area (Å²) in [5, 5.41) is 3.61. The fraction of sp³-hybridized carbons (Fsp3) is 0.364. The SMILES string of the molecule is CNC(C)C(=O)c1ccc(Cl)c(C)c1. The molecule has 0 aliphatic rings. The molecule has 2 nitrogen and oxygen atoms in total. The average Bonchev–Trinajstić information content (AvgIpc) is 2.20. The molecule has 0 aliphatic heterocycles. The Bertz CT molecular complexity index is 349. The lowest BCUT2D eigenvalue weighted by molar-refractivity contribution is 0.0955. The summed E-state index contributed by atoms with van der Waals surface area (Å²) in [6.07, 6.45) is 0. The van der Waals surface area contributed by atoms with E-state index in [4.69, 9.17) is 11.6 Å². The summed E-state index contributed by atoms with van der Waals surface area (Å²) >= 11 is 5.87. The summed E-state index contributed by atoms with van der Waals surface area (Å²) in [6.45, 7) is 3.73. The van der Waals surface area contributed by atoms with Gasteiger partial charge in [-0.2, -0.15) is 0 Å². The Kier molecular flexibility index (Phi) is 3.67. The lowest BCUT2D eigenvalue weighted by atomic mass is 10.0. The summed E-state index contributed by atoms with van der Waals surface area (Å²) in [4.78, 5) is 11.7. The van der Waals surface area contributed by atoms with Crippen LogP contribution in [-0.2, 0) is 0 Å². The highest BCUT2D eigenvalue weighted by molar-refractivity contribution is 6.31. The van der Waals surface area contributed by atoms with Crippen molar-refractivity contribution in [2.75, 3.05) is 7.05 Å². The fourth-order valence-electron chi connectivity index (χ4n) is 1.18. The zero-order valence-corrected chi connectivity index (χ0v) is 9.35. The topological polar surface area (TPSA) is 29.1 Å². The van der Waals surface area contributed by atoms with Crippen molar-refractivity contribution < 1.29 is 4.79 Å². The van der Waals surface area contributed by atoms with Gasteiger partial charge in [-0.25, -0.2) is 0 Å². The lowest BCUT2D eigenvalue weighted by Crippen LogP contribution is -2.30. The van der Waals surface area contributed by atoms with Gasteiger partial charge in [0.1, 0.15) is 0 Å². The number of halogens is 1. The number of hydrogen-bond donors (Lipinski definition) is 1. The molecular formula is C11H14ClNO. The third kappa shape index (κ3) is 2.34. The molecule has 0 aromatic heterocycles. The molecule has 1 aromatic carbocycles. The third-order valence-corrected chi connectivity index (χ3v) is 2.69. The molecule has 1 atom stereocenters. The number of aryl methyl sites for hydroxylation is 1. The molecule has 0 radical (unpaired) electrons. The van der Waals surface area contributed by atoms with E-state index in [1.165, 1.54) is 0 Å². The van der Waals surface area contributed by atoms with E-state index in [9.17, 15) is 4.79 Å². The minimum atomic E-state index is -0.157. The van der Waals surface area contributed by atoms with Crippen LogP contribution in [0.15, 0.2) is 18.2 Å². The highest BCUT2D eigenvalue weighted by atomic mass is 35.5. The van der Waals surface area contributed by atoms with Crippen LogP contribution in [-0.4, -0.2) is 18.9 Å². The van der Waals surface area contributed by atoms with Crippen LogP contribution in [0.5, 0.6) is 0 Å². The van der Waals surface area contributed by atoms with E-state index in [1.807, 2.05) is 19.9 Å². The summed E-state index contributed by atoms with van der Waals surface area (Å²) in [5.41, 5.74) is 1.63. The van der Waals surface area contributed by atoms with Crippen LogP contribution in [0.1, 0.15) is 22.8 Å². The predicted molar refractivity (Wildman–Crippen MR) is 59.0 cm³/mol. The molecule has 0 heterocycles. The van der Waals surface area contributed by atoms with Gasteiger partial charge < -0.3 is 5.32 Å². The van der Waals surface area contributed by atoms with Crippen LogP contribution < -0.4 is 5.32 Å². The number of carbonyl (C=O) groups excluding carboxylic acids is 1. The number of benzene rings is 1. The van der Waals surface area contributed by atoms with Gasteiger partial charge in [0.15, 0.2) is 5.78 Å². The molecule has 3 heteroatoms. The molecule has 0 amide bonds. The molecule has 0 aliphatic carbocycles. The highest BCUT2D eigenvalue weighted by Crippen LogP contribution is 2.17. The second kappa shape index (κ2) is 4.58. The smallest absolute Gasteiger partial charge is 0.179 e. The van der Waals surface area contributed by atoms with Crippen molar-refractivity contribution >= 4 is 17.4 Å². The van der Waals surface area contributed by atoms with E-state index >= 15 is 0 Å². The zero-order chi connectivity index (χ0) is 10.7. The van der Waals surface area contributed by atoms with Crippen LogP contribution in [0.2, 0.25) is 5.02 Å². The van der Waals surface area contributed by atoms with E-state index in [-0.39, 0.29) is 11.8 Å². The Labute approximate surface area is 89.3 Å². The van der Waals surface area contributed by atoms with Crippen LogP contribution in [0.25, 0.3) is 0 Å². The van der Waals surface area contributed by atoms with Crippen molar-refractivity contribution in [1.29, 1.82) is 0 Å². The first-order valence-corrected chi connectivity index (χ1v) is 4.91. The number of nitrogens with one attached hydrogen (secondary N) is 1. The first-order valence-electron chi connectivity index (χ1n) is 4.54. The lowest BCUT2D eigenvalue weighted by Gasteiger charge is -2.09. The average molecular weight is 212 g/mol. The quantitative estimate of drug-likeness (QED) is 0.779. The largest absolute Gasteiger partial charge is 0.310 e. The van der Waals surface area contributed by atoms with Gasteiger partial charge in [0.2, 0.25) is 0 Å². The van der Waals surface area contributed by atoms with Crippen LogP contribution in [0.4, 0.5) is 0 Å². The molecular weight excluding hydrogens is 198 g/mol. The van der Waals surface area contributed by atoms with Crippen LogP contribution in [0, 0.1) is 6.92 Å². The van der Waals surface area contributed by atoms with Crippen molar-refractivity contribution in [2.24, 2.45) is 0 Å². The van der Waals surface area contributed by atoms with Crippen molar-refractivity contribution in [2.45, 2.75) is 19.9 Å². The second-order valence-electron chi connectivity index (χ2n) is 3.34. The number of likely N-dealkylation sites (N-methyl/N-ethyl adjacent to an activating group) is 1. The van der Waals surface area contributed by atoms with Crippen LogP contribution >= 0.6 is 11.6 Å². The number of Topliss-reactive ketones (excluding diaryl/α,β-unsaturated/α-hetero) is 1. The van der Waals surface area contributed by atoms with E-state index in [2.05, 4.69) is 5.32 Å². The molecule has 0 bridgehead atoms. The maximum atomic E-state index is 11.7. The van der Waals surface area contributed by atoms with Gasteiger partial charge in [0, 0.05) is 10.6 Å². The first kappa shape index (κ1) is 11.2. The van der Waals surface area contributed by atoms with Crippen molar-refractivity contribution in [3.05, 3.63) is 34.3 Å². The standard InChI is InChI=1S/C11H14ClNO/c1-7-6-9(4-5-10(7)12)11(14)8(2)13-3/h4-6,8,13H,1-3H3. The minimum absolute atomic E-state index is 0.0901. The van der Waals surface area contributed by atoms with Crippen molar-refractivity contribution in [3.63, 3.8) is 0 Å². The van der Waals surface area contributed by atoms with E-state index in [0.717, 1.165) is 5.56 Å². The van der Waals surface area contributed by atoms with Crippen molar-refractivity contribution in [1.82, 2.24) is 5.32 Å². The Morgan fingerprint density at radius 2 is 2.14 bits per heavy atom. The molecule has 1 aromatic rings. The molecule has 76 valence electrons. The third-order valence-electron chi connectivity index (χ3n) is 2.27. The summed E-state index contributed by atoms with van der Waals surface area (Å²) < 4.78 is 0. The highest BCUT2D eigenvalue weighted by Gasteiger charge is 2.13. The van der Waals surface area contributed by atoms with Gasteiger partial charge in [0.25, 0.3) is 0 Å². The van der Waals surface area contributed by atoms with Gasteiger partial charge in [-0.05, 0) is 44.7 Å². The van der Waals surface area contributed by atoms with E-state index in [1.54, 1.807) is 19.2 Å². The number of hydrogen-bond acceptors (Lipinski definition) is 2. The fourth-order valence-corrected chi connectivity index (χ4v) is 1.30. The van der Waals surface area contributed by atoms with Gasteiger partial charge in [-0.1, -0.05) is 11.6 Å². The van der Waals surface area contributed by atoms with E-state index < -0.39 is 0 Å². The molecule has 0 saturated carbocycles. The summed E-state index contributed by atoms with van der Waals surface area (Å²) in [5.74, 6) is 0.0901. The van der Waals surface area contributed by atoms with Gasteiger partial charge in [-0.3, -0.25) is 4.79 Å². The maximum Gasteiger partial charge on any atom is 0.179 e.